The number of hydrogen-bond donors (Lipinski definition) is 1. The third-order valence-corrected chi connectivity index (χ3v) is 3.98. The van der Waals surface area contributed by atoms with Gasteiger partial charge in [0.1, 0.15) is 6.04 Å². The van der Waals surface area contributed by atoms with Crippen molar-refractivity contribution in [3.63, 3.8) is 0 Å². The molecule has 2 rings (SSSR count). The number of alkyl halides is 2. The monoisotopic (exact) mass is 274 g/mol. The molecule has 4 nitrogen and oxygen atoms in total. The summed E-state index contributed by atoms with van der Waals surface area (Å²) in [5.41, 5.74) is 0. The molecule has 2 aliphatic rings. The van der Waals surface area contributed by atoms with Crippen molar-refractivity contribution in [3.8, 4) is 0 Å². The molecule has 0 aromatic rings. The first-order valence-corrected chi connectivity index (χ1v) is 6.94. The highest BCUT2D eigenvalue weighted by atomic mass is 19.3. The highest BCUT2D eigenvalue weighted by Crippen LogP contribution is 2.28. The molecule has 1 atom stereocenters. The number of carbonyl (C=O) groups excluding carboxylic acids is 2. The van der Waals surface area contributed by atoms with E-state index in [-0.39, 0.29) is 30.7 Å². The van der Waals surface area contributed by atoms with Crippen LogP contribution in [0.5, 0.6) is 0 Å². The second kappa shape index (κ2) is 6.30. The molecule has 2 fully saturated rings. The van der Waals surface area contributed by atoms with Gasteiger partial charge in [-0.3, -0.25) is 9.59 Å². The van der Waals surface area contributed by atoms with Gasteiger partial charge in [0.15, 0.2) is 0 Å². The topological polar surface area (TPSA) is 49.4 Å². The Bertz CT molecular complexity index is 344. The summed E-state index contributed by atoms with van der Waals surface area (Å²) in [7, 11) is 0. The molecule has 1 unspecified atom stereocenters. The first kappa shape index (κ1) is 14.2. The van der Waals surface area contributed by atoms with E-state index in [1.807, 2.05) is 0 Å². The number of nitrogens with one attached hydrogen (secondary N) is 1. The Balaban J connectivity index is 2.09. The van der Waals surface area contributed by atoms with Gasteiger partial charge in [0.2, 0.25) is 11.8 Å². The minimum absolute atomic E-state index is 0.0955. The molecule has 6 heteroatoms. The van der Waals surface area contributed by atoms with Gasteiger partial charge in [-0.05, 0) is 18.8 Å². The molecular formula is C13H20F2N2O2. The van der Waals surface area contributed by atoms with E-state index < -0.39 is 19.0 Å². The lowest BCUT2D eigenvalue weighted by atomic mass is 9.83. The standard InChI is InChI=1S/C13H20F2N2O2/c14-10(15)8-17-7-6-11(18)16-12(13(17)19)9-4-2-1-3-5-9/h9-10,12H,1-8H2,(H,16,18). The van der Waals surface area contributed by atoms with Crippen LogP contribution in [0.2, 0.25) is 0 Å². The Morgan fingerprint density at radius 3 is 2.53 bits per heavy atom. The largest absolute Gasteiger partial charge is 0.344 e. The molecule has 0 spiro atoms. The van der Waals surface area contributed by atoms with Crippen LogP contribution in [0.25, 0.3) is 0 Å². The van der Waals surface area contributed by atoms with Gasteiger partial charge >= 0.3 is 0 Å². The Labute approximate surface area is 111 Å². The number of rotatable bonds is 3. The normalized spacial score (nSPS) is 26.5. The van der Waals surface area contributed by atoms with Gasteiger partial charge in [-0.15, -0.1) is 0 Å². The van der Waals surface area contributed by atoms with Crippen LogP contribution < -0.4 is 5.32 Å². The zero-order chi connectivity index (χ0) is 13.8. The van der Waals surface area contributed by atoms with E-state index in [1.165, 1.54) is 0 Å². The van der Waals surface area contributed by atoms with Gasteiger partial charge in [-0.2, -0.15) is 0 Å². The fraction of sp³-hybridized carbons (Fsp3) is 0.846. The first-order chi connectivity index (χ1) is 9.08. The van der Waals surface area contributed by atoms with Crippen molar-refractivity contribution in [1.82, 2.24) is 10.2 Å². The molecular weight excluding hydrogens is 254 g/mol. The van der Waals surface area contributed by atoms with E-state index in [0.29, 0.717) is 0 Å². The van der Waals surface area contributed by atoms with Crippen molar-refractivity contribution in [2.24, 2.45) is 5.92 Å². The lowest BCUT2D eigenvalue weighted by Gasteiger charge is -2.31. The molecule has 0 aromatic heterocycles. The summed E-state index contributed by atoms with van der Waals surface area (Å²) in [4.78, 5) is 25.1. The predicted octanol–water partition coefficient (Wildman–Crippen LogP) is 1.55. The minimum atomic E-state index is -2.55. The molecule has 2 amide bonds. The molecule has 1 saturated carbocycles. The Hall–Kier alpha value is -1.20. The highest BCUT2D eigenvalue weighted by Gasteiger charge is 2.36. The third kappa shape index (κ3) is 3.64. The Morgan fingerprint density at radius 1 is 1.21 bits per heavy atom. The van der Waals surface area contributed by atoms with Crippen molar-refractivity contribution in [2.45, 2.75) is 51.0 Å². The molecule has 1 saturated heterocycles. The maximum Gasteiger partial charge on any atom is 0.255 e. The zero-order valence-corrected chi connectivity index (χ0v) is 10.9. The number of hydrogen-bond acceptors (Lipinski definition) is 2. The number of carbonyl (C=O) groups is 2. The van der Waals surface area contributed by atoms with Crippen LogP contribution in [-0.2, 0) is 9.59 Å². The maximum absolute atomic E-state index is 12.5. The van der Waals surface area contributed by atoms with E-state index in [2.05, 4.69) is 5.32 Å². The van der Waals surface area contributed by atoms with Gasteiger partial charge in [-0.1, -0.05) is 19.3 Å². The summed E-state index contributed by atoms with van der Waals surface area (Å²) in [6.45, 7) is -0.477. The zero-order valence-electron chi connectivity index (χ0n) is 10.9. The van der Waals surface area contributed by atoms with Crippen LogP contribution in [0.4, 0.5) is 8.78 Å². The summed E-state index contributed by atoms with van der Waals surface area (Å²) in [6, 6.07) is -0.603. The molecule has 0 aromatic carbocycles. The predicted molar refractivity (Wildman–Crippen MR) is 65.7 cm³/mol. The van der Waals surface area contributed by atoms with Crippen LogP contribution in [0.1, 0.15) is 38.5 Å². The third-order valence-electron chi connectivity index (χ3n) is 3.98. The number of amides is 2. The number of nitrogens with zero attached hydrogens (tertiary/aromatic N) is 1. The molecule has 1 aliphatic heterocycles. The summed E-state index contributed by atoms with van der Waals surface area (Å²) in [6.07, 6.45) is 2.56. The lowest BCUT2D eigenvalue weighted by Crippen LogP contribution is -2.50. The molecule has 108 valence electrons. The van der Waals surface area contributed by atoms with Crippen LogP contribution in [-0.4, -0.2) is 42.3 Å². The van der Waals surface area contributed by atoms with Gasteiger partial charge in [0.05, 0.1) is 6.54 Å². The van der Waals surface area contributed by atoms with Crippen LogP contribution in [0.3, 0.4) is 0 Å². The van der Waals surface area contributed by atoms with E-state index >= 15 is 0 Å². The van der Waals surface area contributed by atoms with E-state index in [0.717, 1.165) is 37.0 Å². The fourth-order valence-electron chi connectivity index (χ4n) is 2.99. The fourth-order valence-corrected chi connectivity index (χ4v) is 2.99. The Morgan fingerprint density at radius 2 is 1.89 bits per heavy atom. The summed E-state index contributed by atoms with van der Waals surface area (Å²) in [5.74, 6) is -0.442. The van der Waals surface area contributed by atoms with E-state index in [1.54, 1.807) is 0 Å². The van der Waals surface area contributed by atoms with E-state index in [4.69, 9.17) is 0 Å². The molecule has 1 N–H and O–H groups in total. The number of halogens is 2. The molecule has 1 heterocycles. The van der Waals surface area contributed by atoms with Crippen molar-refractivity contribution in [3.05, 3.63) is 0 Å². The van der Waals surface area contributed by atoms with E-state index in [9.17, 15) is 18.4 Å². The first-order valence-electron chi connectivity index (χ1n) is 6.94. The average Bonchev–Trinajstić information content (AvgIpc) is 2.52. The second-order valence-corrected chi connectivity index (χ2v) is 5.37. The average molecular weight is 274 g/mol. The van der Waals surface area contributed by atoms with Gasteiger partial charge in [-0.25, -0.2) is 8.78 Å². The van der Waals surface area contributed by atoms with Crippen molar-refractivity contribution >= 4 is 11.8 Å². The van der Waals surface area contributed by atoms with Crippen molar-refractivity contribution in [2.75, 3.05) is 13.1 Å². The molecule has 1 aliphatic carbocycles. The van der Waals surface area contributed by atoms with Crippen molar-refractivity contribution < 1.29 is 18.4 Å². The van der Waals surface area contributed by atoms with Gasteiger partial charge in [0, 0.05) is 13.0 Å². The van der Waals surface area contributed by atoms with Gasteiger partial charge in [0.25, 0.3) is 6.43 Å². The van der Waals surface area contributed by atoms with Crippen molar-refractivity contribution in [1.29, 1.82) is 0 Å². The maximum atomic E-state index is 12.5. The summed E-state index contributed by atoms with van der Waals surface area (Å²) >= 11 is 0. The van der Waals surface area contributed by atoms with Crippen LogP contribution in [0, 0.1) is 5.92 Å². The smallest absolute Gasteiger partial charge is 0.255 e. The quantitative estimate of drug-likeness (QED) is 0.849. The minimum Gasteiger partial charge on any atom is -0.344 e. The highest BCUT2D eigenvalue weighted by molar-refractivity contribution is 5.90. The van der Waals surface area contributed by atoms with Crippen LogP contribution >= 0.6 is 0 Å². The summed E-state index contributed by atoms with van der Waals surface area (Å²) in [5, 5.41) is 2.73. The van der Waals surface area contributed by atoms with Crippen LogP contribution in [0.15, 0.2) is 0 Å². The molecule has 0 bridgehead atoms. The SMILES string of the molecule is O=C1CCN(CC(F)F)C(=O)C(C2CCCCC2)N1. The second-order valence-electron chi connectivity index (χ2n) is 5.37. The summed E-state index contributed by atoms with van der Waals surface area (Å²) < 4.78 is 25.0. The molecule has 19 heavy (non-hydrogen) atoms. The lowest BCUT2D eigenvalue weighted by molar-refractivity contribution is -0.137. The molecule has 0 radical (unpaired) electrons. The van der Waals surface area contributed by atoms with Gasteiger partial charge < -0.3 is 10.2 Å². The Kier molecular flexibility index (Phi) is 4.71.